The molecule has 7 heteroatoms. The molecule has 3 rings (SSSR count). The Morgan fingerprint density at radius 2 is 2.14 bits per heavy atom. The fourth-order valence-electron chi connectivity index (χ4n) is 2.66. The Bertz CT molecular complexity index is 638. The molecule has 0 aliphatic carbocycles. The van der Waals surface area contributed by atoms with E-state index in [1.807, 2.05) is 24.3 Å². The molecule has 2 N–H and O–H groups in total. The van der Waals surface area contributed by atoms with Gasteiger partial charge >= 0.3 is 0 Å². The van der Waals surface area contributed by atoms with Gasteiger partial charge in [-0.1, -0.05) is 12.1 Å². The fourth-order valence-corrected chi connectivity index (χ4v) is 2.66. The third kappa shape index (κ3) is 2.42. The number of nitrogen functional groups attached to an aromatic ring is 1. The molecule has 1 unspecified atom stereocenters. The molecule has 1 aliphatic rings. The Kier molecular flexibility index (Phi) is 3.47. The quantitative estimate of drug-likeness (QED) is 0.922. The summed E-state index contributed by atoms with van der Waals surface area (Å²) in [4.78, 5) is 14.3. The highest BCUT2D eigenvalue weighted by Gasteiger charge is 2.33. The second kappa shape index (κ2) is 5.43. The minimum atomic E-state index is -0.243. The summed E-state index contributed by atoms with van der Waals surface area (Å²) in [6.07, 6.45) is 1.84. The molecular formula is C14H16N4O3. The number of benzene rings is 1. The zero-order valence-electron chi connectivity index (χ0n) is 11.7. The van der Waals surface area contributed by atoms with Crippen LogP contribution in [0.5, 0.6) is 5.75 Å². The molecule has 1 amide bonds. The van der Waals surface area contributed by atoms with E-state index >= 15 is 0 Å². The van der Waals surface area contributed by atoms with Gasteiger partial charge in [0, 0.05) is 6.54 Å². The standard InChI is InChI=1S/C14H16N4O3/c1-20-10-6-4-9(5-7-10)11-3-2-8-18(11)14(19)12-13(15)17-21-16-12/h4-7,11H,2-3,8H2,1H3,(H2,15,17). The van der Waals surface area contributed by atoms with Crippen LogP contribution in [-0.2, 0) is 0 Å². The zero-order chi connectivity index (χ0) is 14.8. The first kappa shape index (κ1) is 13.4. The summed E-state index contributed by atoms with van der Waals surface area (Å²) in [7, 11) is 1.63. The summed E-state index contributed by atoms with van der Waals surface area (Å²) in [6, 6.07) is 7.74. The maximum Gasteiger partial charge on any atom is 0.280 e. The first-order valence-electron chi connectivity index (χ1n) is 6.73. The van der Waals surface area contributed by atoms with Crippen molar-refractivity contribution in [3.05, 3.63) is 35.5 Å². The van der Waals surface area contributed by atoms with Crippen LogP contribution in [0.25, 0.3) is 0 Å². The number of carbonyl (C=O) groups excluding carboxylic acids is 1. The number of hydrogen-bond donors (Lipinski definition) is 1. The van der Waals surface area contributed by atoms with Crippen LogP contribution in [0.15, 0.2) is 28.9 Å². The third-order valence-corrected chi connectivity index (χ3v) is 3.73. The molecule has 1 saturated heterocycles. The average Bonchev–Trinajstić information content (AvgIpc) is 3.15. The van der Waals surface area contributed by atoms with Crippen molar-refractivity contribution in [2.24, 2.45) is 0 Å². The largest absolute Gasteiger partial charge is 0.497 e. The third-order valence-electron chi connectivity index (χ3n) is 3.73. The van der Waals surface area contributed by atoms with Crippen LogP contribution in [0.3, 0.4) is 0 Å². The Morgan fingerprint density at radius 1 is 1.38 bits per heavy atom. The Morgan fingerprint density at radius 3 is 2.76 bits per heavy atom. The number of likely N-dealkylation sites (tertiary alicyclic amines) is 1. The lowest BCUT2D eigenvalue weighted by atomic mass is 10.0. The van der Waals surface area contributed by atoms with E-state index in [0.717, 1.165) is 24.2 Å². The van der Waals surface area contributed by atoms with E-state index in [2.05, 4.69) is 14.9 Å². The van der Waals surface area contributed by atoms with Crippen molar-refractivity contribution in [3.8, 4) is 5.75 Å². The van der Waals surface area contributed by atoms with E-state index < -0.39 is 0 Å². The van der Waals surface area contributed by atoms with E-state index in [0.29, 0.717) is 6.54 Å². The topological polar surface area (TPSA) is 94.5 Å². The molecule has 0 radical (unpaired) electrons. The number of nitrogens with zero attached hydrogens (tertiary/aromatic N) is 3. The number of anilines is 1. The van der Waals surface area contributed by atoms with Gasteiger partial charge in [0.25, 0.3) is 5.91 Å². The van der Waals surface area contributed by atoms with Crippen molar-refractivity contribution in [1.29, 1.82) is 0 Å². The van der Waals surface area contributed by atoms with E-state index in [1.165, 1.54) is 0 Å². The molecule has 2 aromatic rings. The number of amides is 1. The highest BCUT2D eigenvalue weighted by atomic mass is 16.6. The summed E-state index contributed by atoms with van der Waals surface area (Å²) in [5, 5.41) is 7.05. The van der Waals surface area contributed by atoms with E-state index in [9.17, 15) is 4.79 Å². The monoisotopic (exact) mass is 288 g/mol. The van der Waals surface area contributed by atoms with Crippen LogP contribution in [0.1, 0.15) is 34.9 Å². The molecule has 110 valence electrons. The number of rotatable bonds is 3. The molecule has 0 bridgehead atoms. The van der Waals surface area contributed by atoms with Gasteiger partial charge in [-0.15, -0.1) is 0 Å². The Hall–Kier alpha value is -2.57. The molecule has 21 heavy (non-hydrogen) atoms. The predicted molar refractivity (Wildman–Crippen MR) is 74.7 cm³/mol. The van der Waals surface area contributed by atoms with Crippen molar-refractivity contribution in [2.75, 3.05) is 19.4 Å². The summed E-state index contributed by atoms with van der Waals surface area (Å²) in [6.45, 7) is 0.668. The van der Waals surface area contributed by atoms with Crippen molar-refractivity contribution in [2.45, 2.75) is 18.9 Å². The van der Waals surface area contributed by atoms with Crippen LogP contribution < -0.4 is 10.5 Å². The molecule has 1 aromatic heterocycles. The summed E-state index contributed by atoms with van der Waals surface area (Å²) in [5.41, 5.74) is 6.75. The van der Waals surface area contributed by atoms with Crippen LogP contribution in [0.4, 0.5) is 5.82 Å². The lowest BCUT2D eigenvalue weighted by Crippen LogP contribution is -2.31. The molecule has 1 fully saturated rings. The minimum absolute atomic E-state index is 0.0134. The van der Waals surface area contributed by atoms with Gasteiger partial charge in [-0.25, -0.2) is 4.63 Å². The minimum Gasteiger partial charge on any atom is -0.497 e. The molecule has 7 nitrogen and oxygen atoms in total. The summed E-state index contributed by atoms with van der Waals surface area (Å²) < 4.78 is 9.66. The number of carbonyl (C=O) groups is 1. The van der Waals surface area contributed by atoms with Gasteiger partial charge in [-0.3, -0.25) is 4.79 Å². The average molecular weight is 288 g/mol. The molecule has 0 saturated carbocycles. The highest BCUT2D eigenvalue weighted by Crippen LogP contribution is 2.34. The molecule has 0 spiro atoms. The number of nitrogens with two attached hydrogens (primary N) is 1. The van der Waals surface area contributed by atoms with E-state index in [4.69, 9.17) is 10.5 Å². The van der Waals surface area contributed by atoms with Gasteiger partial charge in [0.1, 0.15) is 5.75 Å². The van der Waals surface area contributed by atoms with E-state index in [-0.39, 0.29) is 23.5 Å². The lowest BCUT2D eigenvalue weighted by Gasteiger charge is -2.24. The SMILES string of the molecule is COc1ccc(C2CCCN2C(=O)c2nonc2N)cc1. The van der Waals surface area contributed by atoms with Gasteiger partial charge < -0.3 is 15.4 Å². The maximum atomic E-state index is 12.5. The fraction of sp³-hybridized carbons (Fsp3) is 0.357. The van der Waals surface area contributed by atoms with Gasteiger partial charge in [0.15, 0.2) is 0 Å². The second-order valence-electron chi connectivity index (χ2n) is 4.93. The van der Waals surface area contributed by atoms with Crippen molar-refractivity contribution < 1.29 is 14.2 Å². The number of hydrogen-bond acceptors (Lipinski definition) is 6. The molecular weight excluding hydrogens is 272 g/mol. The van der Waals surface area contributed by atoms with Crippen molar-refractivity contribution in [1.82, 2.24) is 15.2 Å². The highest BCUT2D eigenvalue weighted by molar-refractivity contribution is 5.96. The Labute approximate surface area is 121 Å². The zero-order valence-corrected chi connectivity index (χ0v) is 11.7. The van der Waals surface area contributed by atoms with Crippen molar-refractivity contribution in [3.63, 3.8) is 0 Å². The van der Waals surface area contributed by atoms with E-state index in [1.54, 1.807) is 12.0 Å². The number of methoxy groups -OCH3 is 1. The summed E-state index contributed by atoms with van der Waals surface area (Å²) in [5.74, 6) is 0.576. The van der Waals surface area contributed by atoms with Gasteiger partial charge in [-0.05, 0) is 40.9 Å². The molecule has 2 heterocycles. The van der Waals surface area contributed by atoms with Gasteiger partial charge in [0.05, 0.1) is 13.2 Å². The normalized spacial score (nSPS) is 18.0. The van der Waals surface area contributed by atoms with Gasteiger partial charge in [-0.2, -0.15) is 0 Å². The lowest BCUT2D eigenvalue weighted by molar-refractivity contribution is 0.0725. The molecule has 1 aliphatic heterocycles. The van der Waals surface area contributed by atoms with Crippen molar-refractivity contribution >= 4 is 11.7 Å². The first-order valence-corrected chi connectivity index (χ1v) is 6.73. The van der Waals surface area contributed by atoms with Crippen LogP contribution in [-0.4, -0.2) is 34.8 Å². The number of ether oxygens (including phenoxy) is 1. The summed E-state index contributed by atoms with van der Waals surface area (Å²) >= 11 is 0. The first-order chi connectivity index (χ1) is 10.2. The Balaban J connectivity index is 1.85. The smallest absolute Gasteiger partial charge is 0.280 e. The number of aromatic nitrogens is 2. The predicted octanol–water partition coefficient (Wildman–Crippen LogP) is 1.64. The van der Waals surface area contributed by atoms with Crippen LogP contribution in [0, 0.1) is 0 Å². The van der Waals surface area contributed by atoms with Crippen LogP contribution >= 0.6 is 0 Å². The molecule has 1 atom stereocenters. The van der Waals surface area contributed by atoms with Crippen LogP contribution in [0.2, 0.25) is 0 Å². The second-order valence-corrected chi connectivity index (χ2v) is 4.93. The molecule has 1 aromatic carbocycles. The van der Waals surface area contributed by atoms with Gasteiger partial charge in [0.2, 0.25) is 11.5 Å². The maximum absolute atomic E-state index is 12.5.